The van der Waals surface area contributed by atoms with E-state index in [0.29, 0.717) is 26.9 Å². The van der Waals surface area contributed by atoms with E-state index in [1.807, 2.05) is 32.0 Å². The first kappa shape index (κ1) is 25.0. The molecule has 0 spiro atoms. The topological polar surface area (TPSA) is 93.7 Å². The fraction of sp³-hybridized carbons (Fsp3) is 0.269. The van der Waals surface area contributed by atoms with Crippen LogP contribution in [0.5, 0.6) is 5.75 Å². The number of anilines is 2. The molecule has 3 aromatic rings. The molecule has 0 bridgehead atoms. The monoisotopic (exact) mass is 480 g/mol. The molecule has 0 saturated heterocycles. The molecule has 0 saturated carbocycles. The molecule has 0 aliphatic heterocycles. The van der Waals surface area contributed by atoms with Crippen LogP contribution in [0.25, 0.3) is 0 Å². The molecule has 7 nitrogen and oxygen atoms in total. The fourth-order valence-electron chi connectivity index (χ4n) is 3.50. The first-order chi connectivity index (χ1) is 16.2. The van der Waals surface area contributed by atoms with Crippen molar-refractivity contribution in [3.63, 3.8) is 0 Å². The van der Waals surface area contributed by atoms with Crippen LogP contribution >= 0.6 is 11.3 Å². The van der Waals surface area contributed by atoms with Crippen molar-refractivity contribution in [1.82, 2.24) is 0 Å². The zero-order chi connectivity index (χ0) is 24.8. The van der Waals surface area contributed by atoms with Gasteiger partial charge in [0.05, 0.1) is 30.6 Å². The Bertz CT molecular complexity index is 1210. The molecule has 1 aromatic heterocycles. The maximum Gasteiger partial charge on any atom is 0.341 e. The van der Waals surface area contributed by atoms with E-state index >= 15 is 0 Å². The van der Waals surface area contributed by atoms with Gasteiger partial charge >= 0.3 is 5.97 Å². The van der Waals surface area contributed by atoms with Crippen molar-refractivity contribution in [3.8, 4) is 5.75 Å². The molecule has 3 rings (SSSR count). The molecular formula is C26H28N2O5S. The average Bonchev–Trinajstić information content (AvgIpc) is 3.12. The summed E-state index contributed by atoms with van der Waals surface area (Å²) < 4.78 is 10.3. The molecule has 0 unspecified atom stereocenters. The number of thiophene rings is 1. The van der Waals surface area contributed by atoms with Gasteiger partial charge in [-0.25, -0.2) is 4.79 Å². The molecule has 2 aromatic carbocycles. The molecule has 178 valence electrons. The summed E-state index contributed by atoms with van der Waals surface area (Å²) in [5, 5.41) is 5.99. The predicted molar refractivity (Wildman–Crippen MR) is 134 cm³/mol. The van der Waals surface area contributed by atoms with Gasteiger partial charge in [0.2, 0.25) is 5.91 Å². The van der Waals surface area contributed by atoms with E-state index in [2.05, 4.69) is 10.6 Å². The summed E-state index contributed by atoms with van der Waals surface area (Å²) in [6.07, 6.45) is 0.104. The number of ether oxygens (including phenoxy) is 2. The SMILES string of the molecule is CCOC(=O)c1c(NC(=O)Cc2ccc(OC)cc2)sc(C(=O)Nc2ccc(C)cc2C)c1C. The van der Waals surface area contributed by atoms with E-state index in [-0.39, 0.29) is 30.4 Å². The zero-order valence-corrected chi connectivity index (χ0v) is 20.7. The lowest BCUT2D eigenvalue weighted by Crippen LogP contribution is -2.16. The van der Waals surface area contributed by atoms with Crippen LogP contribution in [0.1, 0.15) is 49.2 Å². The maximum absolute atomic E-state index is 13.1. The summed E-state index contributed by atoms with van der Waals surface area (Å²) in [7, 11) is 1.58. The smallest absolute Gasteiger partial charge is 0.341 e. The average molecular weight is 481 g/mol. The third kappa shape index (κ3) is 5.82. The number of amides is 2. The van der Waals surface area contributed by atoms with Gasteiger partial charge in [-0.2, -0.15) is 0 Å². The highest BCUT2D eigenvalue weighted by atomic mass is 32.1. The van der Waals surface area contributed by atoms with Crippen molar-refractivity contribution in [2.24, 2.45) is 0 Å². The summed E-state index contributed by atoms with van der Waals surface area (Å²) in [6, 6.07) is 12.9. The van der Waals surface area contributed by atoms with Crippen LogP contribution in [0.15, 0.2) is 42.5 Å². The van der Waals surface area contributed by atoms with Crippen LogP contribution < -0.4 is 15.4 Å². The summed E-state index contributed by atoms with van der Waals surface area (Å²) in [5.41, 5.74) is 4.16. The van der Waals surface area contributed by atoms with Gasteiger partial charge in [-0.15, -0.1) is 11.3 Å². The van der Waals surface area contributed by atoms with Crippen LogP contribution in [-0.4, -0.2) is 31.5 Å². The van der Waals surface area contributed by atoms with Crippen molar-refractivity contribution < 1.29 is 23.9 Å². The highest BCUT2D eigenvalue weighted by Crippen LogP contribution is 2.34. The molecule has 2 amide bonds. The van der Waals surface area contributed by atoms with Gasteiger partial charge in [0.15, 0.2) is 0 Å². The Labute approximate surface area is 203 Å². The lowest BCUT2D eigenvalue weighted by Gasteiger charge is -2.09. The minimum Gasteiger partial charge on any atom is -0.497 e. The molecule has 0 aliphatic rings. The number of hydrogen-bond acceptors (Lipinski definition) is 6. The van der Waals surface area contributed by atoms with Gasteiger partial charge in [0.25, 0.3) is 5.91 Å². The van der Waals surface area contributed by atoms with Crippen molar-refractivity contribution in [3.05, 3.63) is 75.2 Å². The van der Waals surface area contributed by atoms with Gasteiger partial charge in [-0.05, 0) is 62.6 Å². The van der Waals surface area contributed by atoms with E-state index in [1.165, 1.54) is 0 Å². The lowest BCUT2D eigenvalue weighted by molar-refractivity contribution is -0.115. The van der Waals surface area contributed by atoms with Crippen LogP contribution in [-0.2, 0) is 16.0 Å². The van der Waals surface area contributed by atoms with E-state index in [4.69, 9.17) is 9.47 Å². The number of hydrogen-bond donors (Lipinski definition) is 2. The highest BCUT2D eigenvalue weighted by molar-refractivity contribution is 7.19. The van der Waals surface area contributed by atoms with Crippen molar-refractivity contribution in [2.75, 3.05) is 24.4 Å². The second kappa shape index (κ2) is 11.0. The van der Waals surface area contributed by atoms with Gasteiger partial charge in [-0.1, -0.05) is 29.8 Å². The quantitative estimate of drug-likeness (QED) is 0.427. The molecule has 0 atom stereocenters. The van der Waals surface area contributed by atoms with Gasteiger partial charge in [-0.3, -0.25) is 9.59 Å². The molecule has 8 heteroatoms. The Morgan fingerprint density at radius 2 is 1.68 bits per heavy atom. The molecule has 34 heavy (non-hydrogen) atoms. The van der Waals surface area contributed by atoms with Gasteiger partial charge in [0.1, 0.15) is 10.8 Å². The first-order valence-corrected chi connectivity index (χ1v) is 11.7. The number of aryl methyl sites for hydroxylation is 2. The normalized spacial score (nSPS) is 10.5. The largest absolute Gasteiger partial charge is 0.497 e. The Morgan fingerprint density at radius 3 is 2.29 bits per heavy atom. The van der Waals surface area contributed by atoms with Crippen molar-refractivity contribution >= 4 is 39.8 Å². The highest BCUT2D eigenvalue weighted by Gasteiger charge is 2.27. The van der Waals surface area contributed by atoms with E-state index in [0.717, 1.165) is 28.0 Å². The molecule has 0 fully saturated rings. The number of esters is 1. The second-order valence-corrected chi connectivity index (χ2v) is 8.85. The summed E-state index contributed by atoms with van der Waals surface area (Å²) >= 11 is 1.06. The number of benzene rings is 2. The van der Waals surface area contributed by atoms with E-state index < -0.39 is 5.97 Å². The minimum atomic E-state index is -0.582. The summed E-state index contributed by atoms with van der Waals surface area (Å²) in [6.45, 7) is 7.46. The number of methoxy groups -OCH3 is 1. The molecule has 2 N–H and O–H groups in total. The number of carbonyl (C=O) groups is 3. The van der Waals surface area contributed by atoms with Gasteiger partial charge < -0.3 is 20.1 Å². The Hall–Kier alpha value is -3.65. The maximum atomic E-state index is 13.1. The summed E-state index contributed by atoms with van der Waals surface area (Å²) in [5.74, 6) is -0.544. The number of rotatable bonds is 8. The van der Waals surface area contributed by atoms with E-state index in [9.17, 15) is 14.4 Å². The minimum absolute atomic E-state index is 0.104. The van der Waals surface area contributed by atoms with Crippen molar-refractivity contribution in [1.29, 1.82) is 0 Å². The Morgan fingerprint density at radius 1 is 0.971 bits per heavy atom. The Kier molecular flexibility index (Phi) is 8.07. The van der Waals surface area contributed by atoms with Crippen molar-refractivity contribution in [2.45, 2.75) is 34.1 Å². The van der Waals surface area contributed by atoms with Gasteiger partial charge in [0, 0.05) is 5.69 Å². The Balaban J connectivity index is 1.86. The number of nitrogens with one attached hydrogen (secondary N) is 2. The summed E-state index contributed by atoms with van der Waals surface area (Å²) in [4.78, 5) is 38.8. The molecule has 0 aliphatic carbocycles. The van der Waals surface area contributed by atoms with Crippen LogP contribution in [0, 0.1) is 20.8 Å². The van der Waals surface area contributed by atoms with E-state index in [1.54, 1.807) is 45.2 Å². The third-order valence-corrected chi connectivity index (χ3v) is 6.45. The molecular weight excluding hydrogens is 452 g/mol. The lowest BCUT2D eigenvalue weighted by atomic mass is 10.1. The predicted octanol–water partition coefficient (Wildman–Crippen LogP) is 5.29. The van der Waals surface area contributed by atoms with Crippen LogP contribution in [0.3, 0.4) is 0 Å². The van der Waals surface area contributed by atoms with Crippen LogP contribution in [0.4, 0.5) is 10.7 Å². The first-order valence-electron chi connectivity index (χ1n) is 10.8. The fourth-order valence-corrected chi connectivity index (χ4v) is 4.61. The second-order valence-electron chi connectivity index (χ2n) is 7.83. The molecule has 0 radical (unpaired) electrons. The third-order valence-electron chi connectivity index (χ3n) is 5.24. The number of carbonyl (C=O) groups excluding carboxylic acids is 3. The molecule has 1 heterocycles. The standard InChI is InChI=1S/C26H28N2O5S/c1-6-33-26(31)22-17(4)23(24(30)27-20-12-7-15(2)13-16(20)3)34-25(22)28-21(29)14-18-8-10-19(32-5)11-9-18/h7-13H,6,14H2,1-5H3,(H,27,30)(H,28,29). The zero-order valence-electron chi connectivity index (χ0n) is 19.9. The van der Waals surface area contributed by atoms with Crippen LogP contribution in [0.2, 0.25) is 0 Å².